The van der Waals surface area contributed by atoms with E-state index in [0.717, 1.165) is 38.8 Å². The molecule has 0 amide bonds. The molecule has 0 unspecified atom stereocenters. The van der Waals surface area contributed by atoms with Crippen LogP contribution >= 0.6 is 0 Å². The van der Waals surface area contributed by atoms with Crippen molar-refractivity contribution in [2.75, 3.05) is 13.1 Å². The number of rotatable bonds is 5. The summed E-state index contributed by atoms with van der Waals surface area (Å²) in [4.78, 5) is 14.0. The maximum atomic E-state index is 11.8. The summed E-state index contributed by atoms with van der Waals surface area (Å²) >= 11 is 0. The molecule has 1 saturated carbocycles. The topological polar surface area (TPSA) is 40.5 Å². The third kappa shape index (κ3) is 2.73. The minimum absolute atomic E-state index is 0.513. The van der Waals surface area contributed by atoms with Crippen LogP contribution < -0.4 is 0 Å². The van der Waals surface area contributed by atoms with Gasteiger partial charge in [-0.3, -0.25) is 9.69 Å². The van der Waals surface area contributed by atoms with Crippen LogP contribution in [-0.2, 0) is 4.79 Å². The van der Waals surface area contributed by atoms with Gasteiger partial charge in [-0.05, 0) is 50.3 Å². The summed E-state index contributed by atoms with van der Waals surface area (Å²) in [6, 6.07) is 10.5. The summed E-state index contributed by atoms with van der Waals surface area (Å²) in [6.07, 6.45) is 3.44. The molecule has 0 atom stereocenters. The van der Waals surface area contributed by atoms with E-state index in [2.05, 4.69) is 43.0 Å². The monoisotopic (exact) mass is 275 g/mol. The van der Waals surface area contributed by atoms with Gasteiger partial charge in [0, 0.05) is 0 Å². The highest BCUT2D eigenvalue weighted by Gasteiger charge is 2.45. The maximum absolute atomic E-state index is 11.8. The lowest BCUT2D eigenvalue weighted by atomic mass is 9.73. The van der Waals surface area contributed by atoms with Crippen LogP contribution in [0.4, 0.5) is 0 Å². The molecular weight excluding hydrogens is 250 g/mol. The molecule has 3 nitrogen and oxygen atoms in total. The lowest BCUT2D eigenvalue weighted by Crippen LogP contribution is -2.56. The Kier molecular flexibility index (Phi) is 4.81. The van der Waals surface area contributed by atoms with Gasteiger partial charge in [0.2, 0.25) is 0 Å². The predicted molar refractivity (Wildman–Crippen MR) is 80.9 cm³/mol. The van der Waals surface area contributed by atoms with Crippen LogP contribution in [0.2, 0.25) is 0 Å². The first kappa shape index (κ1) is 15.0. The number of carboxylic acids is 1. The number of hydrogen-bond acceptors (Lipinski definition) is 2. The molecule has 0 saturated heterocycles. The smallest absolute Gasteiger partial charge is 0.324 e. The first-order valence-electron chi connectivity index (χ1n) is 7.67. The second-order valence-corrected chi connectivity index (χ2v) is 5.69. The van der Waals surface area contributed by atoms with Gasteiger partial charge in [-0.1, -0.05) is 44.2 Å². The number of nitrogens with zero attached hydrogens (tertiary/aromatic N) is 1. The molecule has 0 aliphatic heterocycles. The van der Waals surface area contributed by atoms with Crippen molar-refractivity contribution in [3.05, 3.63) is 35.9 Å². The van der Waals surface area contributed by atoms with Crippen molar-refractivity contribution in [1.82, 2.24) is 4.90 Å². The van der Waals surface area contributed by atoms with Gasteiger partial charge in [-0.25, -0.2) is 0 Å². The van der Waals surface area contributed by atoms with Gasteiger partial charge in [0.05, 0.1) is 0 Å². The number of hydrogen-bond donors (Lipinski definition) is 1. The van der Waals surface area contributed by atoms with Crippen molar-refractivity contribution in [3.63, 3.8) is 0 Å². The van der Waals surface area contributed by atoms with Crippen molar-refractivity contribution in [3.8, 4) is 0 Å². The standard InChI is InChI=1S/C17H25NO2/c1-3-18(4-2)17(16(19)20)12-10-15(11-13-17)14-8-6-5-7-9-14/h5-9,15H,3-4,10-13H2,1-2H3,(H,19,20). The van der Waals surface area contributed by atoms with Crippen LogP contribution in [0.1, 0.15) is 51.0 Å². The van der Waals surface area contributed by atoms with Crippen molar-refractivity contribution < 1.29 is 9.90 Å². The van der Waals surface area contributed by atoms with Gasteiger partial charge in [0.25, 0.3) is 0 Å². The number of aliphatic carboxylic acids is 1. The van der Waals surface area contributed by atoms with Gasteiger partial charge in [-0.2, -0.15) is 0 Å². The summed E-state index contributed by atoms with van der Waals surface area (Å²) in [5.74, 6) is -0.132. The third-order valence-electron chi connectivity index (χ3n) is 4.85. The van der Waals surface area contributed by atoms with Crippen molar-refractivity contribution in [1.29, 1.82) is 0 Å². The summed E-state index contributed by atoms with van der Waals surface area (Å²) in [6.45, 7) is 5.71. The summed E-state index contributed by atoms with van der Waals surface area (Å²) in [5, 5.41) is 9.74. The fourth-order valence-corrected chi connectivity index (χ4v) is 3.65. The minimum atomic E-state index is -0.646. The predicted octanol–water partition coefficient (Wildman–Crippen LogP) is 3.51. The molecule has 1 aliphatic rings. The van der Waals surface area contributed by atoms with Crippen LogP contribution in [0.5, 0.6) is 0 Å². The van der Waals surface area contributed by atoms with Gasteiger partial charge < -0.3 is 5.11 Å². The second-order valence-electron chi connectivity index (χ2n) is 5.69. The fourth-order valence-electron chi connectivity index (χ4n) is 3.65. The van der Waals surface area contributed by atoms with Crippen molar-refractivity contribution in [2.24, 2.45) is 0 Å². The van der Waals surface area contributed by atoms with E-state index >= 15 is 0 Å². The van der Waals surface area contributed by atoms with Crippen LogP contribution in [0.25, 0.3) is 0 Å². The Morgan fingerprint density at radius 1 is 1.20 bits per heavy atom. The van der Waals surface area contributed by atoms with Crippen molar-refractivity contribution in [2.45, 2.75) is 51.0 Å². The molecule has 1 aromatic carbocycles. The number of carboxylic acid groups (broad SMARTS) is 1. The minimum Gasteiger partial charge on any atom is -0.480 e. The van der Waals surface area contributed by atoms with Gasteiger partial charge in [0.1, 0.15) is 5.54 Å². The molecular formula is C17H25NO2. The lowest BCUT2D eigenvalue weighted by molar-refractivity contribution is -0.154. The van der Waals surface area contributed by atoms with Crippen LogP contribution in [0.15, 0.2) is 30.3 Å². The van der Waals surface area contributed by atoms with Gasteiger partial charge >= 0.3 is 5.97 Å². The Morgan fingerprint density at radius 3 is 2.20 bits per heavy atom. The molecule has 20 heavy (non-hydrogen) atoms. The molecule has 3 heteroatoms. The average molecular weight is 275 g/mol. The van der Waals surface area contributed by atoms with E-state index in [1.54, 1.807) is 0 Å². The molecule has 0 heterocycles. The van der Waals surface area contributed by atoms with E-state index in [1.807, 2.05) is 6.07 Å². The summed E-state index contributed by atoms with van der Waals surface area (Å²) in [5.41, 5.74) is 0.709. The first-order chi connectivity index (χ1) is 9.64. The van der Waals surface area contributed by atoms with Gasteiger partial charge in [-0.15, -0.1) is 0 Å². The molecule has 0 radical (unpaired) electrons. The zero-order valence-electron chi connectivity index (χ0n) is 12.5. The zero-order valence-corrected chi connectivity index (χ0v) is 12.5. The van der Waals surface area contributed by atoms with E-state index in [-0.39, 0.29) is 0 Å². The highest BCUT2D eigenvalue weighted by atomic mass is 16.4. The maximum Gasteiger partial charge on any atom is 0.324 e. The largest absolute Gasteiger partial charge is 0.480 e. The Bertz CT molecular complexity index is 432. The van der Waals surface area contributed by atoms with Crippen molar-refractivity contribution >= 4 is 5.97 Å². The number of carbonyl (C=O) groups is 1. The van der Waals surface area contributed by atoms with E-state index in [9.17, 15) is 9.90 Å². The van der Waals surface area contributed by atoms with E-state index in [4.69, 9.17) is 0 Å². The van der Waals surface area contributed by atoms with Crippen LogP contribution in [-0.4, -0.2) is 34.6 Å². The molecule has 0 spiro atoms. The Hall–Kier alpha value is -1.35. The SMILES string of the molecule is CCN(CC)C1(C(=O)O)CCC(c2ccccc2)CC1. The molecule has 110 valence electrons. The van der Waals surface area contributed by atoms with E-state index < -0.39 is 11.5 Å². The van der Waals surface area contributed by atoms with E-state index in [0.29, 0.717) is 5.92 Å². The molecule has 0 bridgehead atoms. The number of benzene rings is 1. The average Bonchev–Trinajstić information content (AvgIpc) is 2.50. The first-order valence-corrected chi connectivity index (χ1v) is 7.67. The van der Waals surface area contributed by atoms with Crippen LogP contribution in [0.3, 0.4) is 0 Å². The Labute approximate surface area is 121 Å². The van der Waals surface area contributed by atoms with Crippen LogP contribution in [0, 0.1) is 0 Å². The molecule has 1 aromatic rings. The zero-order chi connectivity index (χ0) is 14.6. The Balaban J connectivity index is 2.13. The van der Waals surface area contributed by atoms with Gasteiger partial charge in [0.15, 0.2) is 0 Å². The molecule has 1 N–H and O–H groups in total. The molecule has 0 aromatic heterocycles. The second kappa shape index (κ2) is 6.40. The Morgan fingerprint density at radius 2 is 1.75 bits per heavy atom. The quantitative estimate of drug-likeness (QED) is 0.894. The highest BCUT2D eigenvalue weighted by molar-refractivity contribution is 5.79. The molecule has 1 fully saturated rings. The summed E-state index contributed by atoms with van der Waals surface area (Å²) < 4.78 is 0. The normalized spacial score (nSPS) is 26.6. The number of likely N-dealkylation sites (N-methyl/N-ethyl adjacent to an activating group) is 1. The fraction of sp³-hybridized carbons (Fsp3) is 0.588. The summed E-state index contributed by atoms with van der Waals surface area (Å²) in [7, 11) is 0. The third-order valence-corrected chi connectivity index (χ3v) is 4.85. The lowest BCUT2D eigenvalue weighted by Gasteiger charge is -2.44. The highest BCUT2D eigenvalue weighted by Crippen LogP contribution is 2.41. The van der Waals surface area contributed by atoms with E-state index in [1.165, 1.54) is 5.56 Å². The molecule has 2 rings (SSSR count). The molecule has 1 aliphatic carbocycles.